The number of rotatable bonds is 6. The number of hydrogen-bond acceptors (Lipinski definition) is 7. The van der Waals surface area contributed by atoms with Crippen molar-refractivity contribution in [3.63, 3.8) is 0 Å². The van der Waals surface area contributed by atoms with E-state index < -0.39 is 0 Å². The summed E-state index contributed by atoms with van der Waals surface area (Å²) in [4.78, 5) is 4.51. The Hall–Kier alpha value is -1.18. The smallest absolute Gasteiger partial charge is 0.148 e. The maximum absolute atomic E-state index is 6.00. The summed E-state index contributed by atoms with van der Waals surface area (Å²) in [6.45, 7) is 6.95. The van der Waals surface area contributed by atoms with Crippen molar-refractivity contribution in [1.82, 2.24) is 9.36 Å². The Balaban J connectivity index is 2.29. The third-order valence-corrected chi connectivity index (χ3v) is 4.63. The Morgan fingerprint density at radius 2 is 2.20 bits per heavy atom. The van der Waals surface area contributed by atoms with E-state index in [0.29, 0.717) is 18.3 Å². The van der Waals surface area contributed by atoms with Crippen LogP contribution < -0.4 is 11.1 Å². The molecule has 0 aliphatic carbocycles. The SMILES string of the molecule is COCC(Nc1snc(N)c1-c1csc(C)n1)C(C)C. The molecule has 0 spiro atoms. The topological polar surface area (TPSA) is 73.1 Å². The first-order valence-corrected chi connectivity index (χ1v) is 8.11. The minimum atomic E-state index is 0.221. The first-order valence-electron chi connectivity index (χ1n) is 6.46. The summed E-state index contributed by atoms with van der Waals surface area (Å²) in [5, 5.41) is 7.49. The van der Waals surface area contributed by atoms with E-state index in [0.717, 1.165) is 21.3 Å². The van der Waals surface area contributed by atoms with Gasteiger partial charge in [0.05, 0.1) is 28.9 Å². The molecule has 110 valence electrons. The van der Waals surface area contributed by atoms with Crippen molar-refractivity contribution >= 4 is 33.7 Å². The van der Waals surface area contributed by atoms with Crippen LogP contribution in [0.25, 0.3) is 11.3 Å². The van der Waals surface area contributed by atoms with E-state index in [9.17, 15) is 0 Å². The Labute approximate surface area is 127 Å². The summed E-state index contributed by atoms with van der Waals surface area (Å²) in [6.07, 6.45) is 0. The molecule has 2 heterocycles. The fraction of sp³-hybridized carbons (Fsp3) is 0.538. The third kappa shape index (κ3) is 3.28. The van der Waals surface area contributed by atoms with Gasteiger partial charge in [0, 0.05) is 12.5 Å². The van der Waals surface area contributed by atoms with Crippen molar-refractivity contribution < 1.29 is 4.74 Å². The van der Waals surface area contributed by atoms with Crippen molar-refractivity contribution in [3.05, 3.63) is 10.4 Å². The van der Waals surface area contributed by atoms with Crippen LogP contribution in [0.3, 0.4) is 0 Å². The number of nitrogens with two attached hydrogens (primary N) is 1. The Morgan fingerprint density at radius 3 is 2.75 bits per heavy atom. The molecule has 0 saturated heterocycles. The molecule has 0 radical (unpaired) electrons. The van der Waals surface area contributed by atoms with Gasteiger partial charge in [-0.2, -0.15) is 4.37 Å². The van der Waals surface area contributed by atoms with E-state index in [1.807, 2.05) is 12.3 Å². The zero-order valence-electron chi connectivity index (χ0n) is 12.1. The fourth-order valence-corrected chi connectivity index (χ4v) is 3.26. The lowest BCUT2D eigenvalue weighted by Crippen LogP contribution is -2.30. The number of aromatic nitrogens is 2. The van der Waals surface area contributed by atoms with Gasteiger partial charge in [-0.3, -0.25) is 0 Å². The molecule has 1 unspecified atom stereocenters. The zero-order chi connectivity index (χ0) is 14.7. The Kier molecular flexibility index (Phi) is 4.95. The van der Waals surface area contributed by atoms with Crippen LogP contribution in [0.2, 0.25) is 0 Å². The first kappa shape index (κ1) is 15.2. The molecule has 2 rings (SSSR count). The average molecular weight is 312 g/mol. The maximum atomic E-state index is 6.00. The molecular formula is C13H20N4OS2. The molecule has 2 aromatic rings. The van der Waals surface area contributed by atoms with Crippen molar-refractivity contribution in [2.45, 2.75) is 26.8 Å². The van der Waals surface area contributed by atoms with E-state index in [1.165, 1.54) is 11.5 Å². The van der Waals surface area contributed by atoms with Gasteiger partial charge in [-0.05, 0) is 24.4 Å². The van der Waals surface area contributed by atoms with E-state index in [-0.39, 0.29) is 6.04 Å². The predicted molar refractivity (Wildman–Crippen MR) is 86.5 cm³/mol. The number of hydrogen-bond donors (Lipinski definition) is 2. The van der Waals surface area contributed by atoms with Crippen molar-refractivity contribution in [2.75, 3.05) is 24.8 Å². The molecule has 3 N–H and O–H groups in total. The molecule has 0 aliphatic heterocycles. The zero-order valence-corrected chi connectivity index (χ0v) is 13.8. The summed E-state index contributed by atoms with van der Waals surface area (Å²) in [5.74, 6) is 0.978. The van der Waals surface area contributed by atoms with E-state index in [2.05, 4.69) is 28.5 Å². The number of anilines is 2. The van der Waals surface area contributed by atoms with Gasteiger partial charge in [0.1, 0.15) is 10.8 Å². The molecule has 1 atom stereocenters. The third-order valence-electron chi connectivity index (χ3n) is 3.06. The van der Waals surface area contributed by atoms with E-state index in [4.69, 9.17) is 10.5 Å². The molecular weight excluding hydrogens is 292 g/mol. The second-order valence-electron chi connectivity index (χ2n) is 4.97. The molecule has 7 heteroatoms. The minimum absolute atomic E-state index is 0.221. The lowest BCUT2D eigenvalue weighted by molar-refractivity contribution is 0.171. The molecule has 0 amide bonds. The van der Waals surface area contributed by atoms with Crippen molar-refractivity contribution in [3.8, 4) is 11.3 Å². The number of nitrogens with zero attached hydrogens (tertiary/aromatic N) is 2. The highest BCUT2D eigenvalue weighted by Crippen LogP contribution is 2.37. The predicted octanol–water partition coefficient (Wildman–Crippen LogP) is 3.24. The van der Waals surface area contributed by atoms with Gasteiger partial charge < -0.3 is 15.8 Å². The lowest BCUT2D eigenvalue weighted by atomic mass is 10.1. The summed E-state index contributed by atoms with van der Waals surface area (Å²) < 4.78 is 9.53. The maximum Gasteiger partial charge on any atom is 0.148 e. The van der Waals surface area contributed by atoms with Crippen LogP contribution >= 0.6 is 22.9 Å². The van der Waals surface area contributed by atoms with Gasteiger partial charge in [0.15, 0.2) is 0 Å². The summed E-state index contributed by atoms with van der Waals surface area (Å²) in [7, 11) is 1.71. The van der Waals surface area contributed by atoms with Crippen LogP contribution in [0.15, 0.2) is 5.38 Å². The number of methoxy groups -OCH3 is 1. The lowest BCUT2D eigenvalue weighted by Gasteiger charge is -2.22. The van der Waals surface area contributed by atoms with Crippen LogP contribution in [0.4, 0.5) is 10.8 Å². The number of nitrogen functional groups attached to an aromatic ring is 1. The molecule has 0 bridgehead atoms. The van der Waals surface area contributed by atoms with Gasteiger partial charge in [0.25, 0.3) is 0 Å². The number of nitrogens with one attached hydrogen (secondary N) is 1. The quantitative estimate of drug-likeness (QED) is 0.856. The van der Waals surface area contributed by atoms with Crippen molar-refractivity contribution in [2.24, 2.45) is 5.92 Å². The molecule has 2 aromatic heterocycles. The second-order valence-corrected chi connectivity index (χ2v) is 6.81. The first-order chi connectivity index (χ1) is 9.52. The van der Waals surface area contributed by atoms with Crippen molar-refractivity contribution in [1.29, 1.82) is 0 Å². The highest BCUT2D eigenvalue weighted by molar-refractivity contribution is 7.11. The normalized spacial score (nSPS) is 12.8. The van der Waals surface area contributed by atoms with Gasteiger partial charge in [-0.1, -0.05) is 13.8 Å². The van der Waals surface area contributed by atoms with Gasteiger partial charge in [-0.25, -0.2) is 4.98 Å². The van der Waals surface area contributed by atoms with E-state index in [1.54, 1.807) is 18.4 Å². The highest BCUT2D eigenvalue weighted by atomic mass is 32.1. The minimum Gasteiger partial charge on any atom is -0.383 e. The van der Waals surface area contributed by atoms with Crippen LogP contribution in [-0.2, 0) is 4.74 Å². The molecule has 20 heavy (non-hydrogen) atoms. The number of ether oxygens (including phenoxy) is 1. The monoisotopic (exact) mass is 312 g/mol. The average Bonchev–Trinajstić information content (AvgIpc) is 2.95. The molecule has 5 nitrogen and oxygen atoms in total. The van der Waals surface area contributed by atoms with Gasteiger partial charge in [0.2, 0.25) is 0 Å². The van der Waals surface area contributed by atoms with Crippen LogP contribution in [0, 0.1) is 12.8 Å². The Morgan fingerprint density at radius 1 is 1.45 bits per heavy atom. The summed E-state index contributed by atoms with van der Waals surface area (Å²) in [6, 6.07) is 0.221. The Bertz CT molecular complexity index is 564. The van der Waals surface area contributed by atoms with E-state index >= 15 is 0 Å². The molecule has 0 fully saturated rings. The fourth-order valence-electron chi connectivity index (χ4n) is 1.88. The number of aryl methyl sites for hydroxylation is 1. The van der Waals surface area contributed by atoms with Crippen LogP contribution in [0.5, 0.6) is 0 Å². The molecule has 0 aromatic carbocycles. The largest absolute Gasteiger partial charge is 0.383 e. The second kappa shape index (κ2) is 6.51. The standard InChI is InChI=1S/C13H20N4OS2/c1-7(2)9(5-18-4)16-13-11(12(14)17-20-13)10-6-19-8(3)15-10/h6-7,9,16H,5H2,1-4H3,(H2,14,17). The van der Waals surface area contributed by atoms with Crippen LogP contribution in [-0.4, -0.2) is 29.1 Å². The van der Waals surface area contributed by atoms with Crippen LogP contribution in [0.1, 0.15) is 18.9 Å². The molecule has 0 aliphatic rings. The highest BCUT2D eigenvalue weighted by Gasteiger charge is 2.20. The summed E-state index contributed by atoms with van der Waals surface area (Å²) >= 11 is 2.99. The van der Waals surface area contributed by atoms with Gasteiger partial charge >= 0.3 is 0 Å². The molecule has 0 saturated carbocycles. The summed E-state index contributed by atoms with van der Waals surface area (Å²) in [5.41, 5.74) is 7.79. The van der Waals surface area contributed by atoms with Gasteiger partial charge in [-0.15, -0.1) is 11.3 Å². The number of thiazole rings is 1.